The Balaban J connectivity index is 2.09. The zero-order chi connectivity index (χ0) is 18.4. The zero-order valence-corrected chi connectivity index (χ0v) is 15.0. The van der Waals surface area contributed by atoms with Crippen molar-refractivity contribution in [2.75, 3.05) is 19.0 Å². The molecule has 2 rings (SSSR count). The van der Waals surface area contributed by atoms with Crippen molar-refractivity contribution in [3.05, 3.63) is 40.5 Å². The van der Waals surface area contributed by atoms with E-state index in [1.165, 1.54) is 24.1 Å². The Bertz CT molecular complexity index is 762. The molecule has 134 valence electrons. The lowest BCUT2D eigenvalue weighted by Gasteiger charge is -2.19. The number of halogens is 1. The minimum absolute atomic E-state index is 0.175. The number of hydrogen-bond acceptors (Lipinski definition) is 6. The van der Waals surface area contributed by atoms with Crippen molar-refractivity contribution in [3.63, 3.8) is 0 Å². The van der Waals surface area contributed by atoms with Crippen LogP contribution in [0.2, 0.25) is 5.02 Å². The third-order valence-corrected chi connectivity index (χ3v) is 3.77. The van der Waals surface area contributed by atoms with Gasteiger partial charge in [0.2, 0.25) is 5.89 Å². The molecule has 0 saturated heterocycles. The van der Waals surface area contributed by atoms with E-state index in [1.54, 1.807) is 6.07 Å². The molecule has 0 unspecified atom stereocenters. The number of esters is 1. The lowest BCUT2D eigenvalue weighted by molar-refractivity contribution is 0.0601. The highest BCUT2D eigenvalue weighted by molar-refractivity contribution is 6.33. The summed E-state index contributed by atoms with van der Waals surface area (Å²) in [6.07, 6.45) is 0.656. The van der Waals surface area contributed by atoms with E-state index in [2.05, 4.69) is 20.2 Å². The molecule has 1 N–H and O–H groups in total. The Kier molecular flexibility index (Phi) is 6.35. The van der Waals surface area contributed by atoms with E-state index >= 15 is 0 Å². The highest BCUT2D eigenvalue weighted by Gasteiger charge is 2.18. The molecule has 0 bridgehead atoms. The maximum Gasteiger partial charge on any atom is 0.339 e. The number of methoxy groups -OCH3 is 1. The molecule has 0 aliphatic carbocycles. The number of aromatic nitrogens is 2. The number of nitrogens with one attached hydrogen (secondary N) is 1. The predicted molar refractivity (Wildman–Crippen MR) is 91.6 cm³/mol. The molecule has 0 saturated carbocycles. The second-order valence-corrected chi connectivity index (χ2v) is 5.50. The van der Waals surface area contributed by atoms with Gasteiger partial charge in [0.1, 0.15) is 6.54 Å². The van der Waals surface area contributed by atoms with Crippen LogP contribution in [0.15, 0.2) is 22.7 Å². The first-order chi connectivity index (χ1) is 12.0. The number of amides is 2. The molecule has 8 nitrogen and oxygen atoms in total. The largest absolute Gasteiger partial charge is 0.465 e. The van der Waals surface area contributed by atoms with E-state index in [-0.39, 0.29) is 23.2 Å². The number of hydrogen-bond donors (Lipinski definition) is 1. The lowest BCUT2D eigenvalue weighted by Crippen LogP contribution is -2.34. The predicted octanol–water partition coefficient (Wildman–Crippen LogP) is 3.13. The highest BCUT2D eigenvalue weighted by atomic mass is 35.5. The van der Waals surface area contributed by atoms with Crippen LogP contribution in [0.5, 0.6) is 0 Å². The van der Waals surface area contributed by atoms with Gasteiger partial charge in [0.25, 0.3) is 0 Å². The van der Waals surface area contributed by atoms with Gasteiger partial charge in [-0.3, -0.25) is 0 Å². The quantitative estimate of drug-likeness (QED) is 0.789. The van der Waals surface area contributed by atoms with Crippen LogP contribution in [-0.2, 0) is 17.7 Å². The lowest BCUT2D eigenvalue weighted by atomic mass is 10.2. The molecule has 1 aromatic carbocycles. The third-order valence-electron chi connectivity index (χ3n) is 3.44. The Morgan fingerprint density at radius 3 is 2.72 bits per heavy atom. The first-order valence-corrected chi connectivity index (χ1v) is 8.11. The van der Waals surface area contributed by atoms with Crippen molar-refractivity contribution in [2.45, 2.75) is 26.8 Å². The molecular weight excluding hydrogens is 348 g/mol. The van der Waals surface area contributed by atoms with E-state index in [4.69, 9.17) is 16.1 Å². The van der Waals surface area contributed by atoms with Crippen molar-refractivity contribution >= 4 is 29.3 Å². The average molecular weight is 367 g/mol. The molecule has 0 spiro atoms. The standard InChI is InChI=1S/C16H19ClN4O4/c1-4-13-19-14(25-20-13)9-21(5-2)16(23)18-10-6-7-12(17)11(8-10)15(22)24-3/h6-8H,4-5,9H2,1-3H3,(H,18,23). The monoisotopic (exact) mass is 366 g/mol. The molecule has 1 heterocycles. The SMILES string of the molecule is CCc1noc(CN(CC)C(=O)Nc2ccc(Cl)c(C(=O)OC)c2)n1. The summed E-state index contributed by atoms with van der Waals surface area (Å²) in [4.78, 5) is 29.8. The van der Waals surface area contributed by atoms with Crippen molar-refractivity contribution in [1.82, 2.24) is 15.0 Å². The maximum absolute atomic E-state index is 12.4. The summed E-state index contributed by atoms with van der Waals surface area (Å²) in [5, 5.41) is 6.76. The summed E-state index contributed by atoms with van der Waals surface area (Å²) in [7, 11) is 1.26. The maximum atomic E-state index is 12.4. The third kappa shape index (κ3) is 4.69. The van der Waals surface area contributed by atoms with Gasteiger partial charge in [-0.2, -0.15) is 4.98 Å². The van der Waals surface area contributed by atoms with Gasteiger partial charge in [-0.25, -0.2) is 9.59 Å². The number of carbonyl (C=O) groups excluding carboxylic acids is 2. The fraction of sp³-hybridized carbons (Fsp3) is 0.375. The number of benzene rings is 1. The van der Waals surface area contributed by atoms with Gasteiger partial charge in [0, 0.05) is 18.7 Å². The number of nitrogens with zero attached hydrogens (tertiary/aromatic N) is 3. The smallest absolute Gasteiger partial charge is 0.339 e. The van der Waals surface area contributed by atoms with Gasteiger partial charge in [0.15, 0.2) is 5.82 Å². The van der Waals surface area contributed by atoms with Crippen LogP contribution >= 0.6 is 11.6 Å². The number of ether oxygens (including phenoxy) is 1. The second-order valence-electron chi connectivity index (χ2n) is 5.09. The van der Waals surface area contributed by atoms with Gasteiger partial charge in [0.05, 0.1) is 17.7 Å². The molecule has 25 heavy (non-hydrogen) atoms. The van der Waals surface area contributed by atoms with Crippen LogP contribution in [0.1, 0.15) is 35.9 Å². The van der Waals surface area contributed by atoms with Gasteiger partial charge < -0.3 is 19.5 Å². The van der Waals surface area contributed by atoms with E-state index < -0.39 is 5.97 Å². The van der Waals surface area contributed by atoms with Gasteiger partial charge in [-0.1, -0.05) is 23.7 Å². The van der Waals surface area contributed by atoms with Crippen LogP contribution in [0.3, 0.4) is 0 Å². The van der Waals surface area contributed by atoms with E-state index in [0.717, 1.165) is 0 Å². The van der Waals surface area contributed by atoms with Crippen LogP contribution in [-0.4, -0.2) is 40.7 Å². The Morgan fingerprint density at radius 2 is 2.12 bits per heavy atom. The Hall–Kier alpha value is -2.61. The van der Waals surface area contributed by atoms with Crippen molar-refractivity contribution < 1.29 is 18.8 Å². The van der Waals surface area contributed by atoms with Crippen LogP contribution < -0.4 is 5.32 Å². The summed E-state index contributed by atoms with van der Waals surface area (Å²) < 4.78 is 9.77. The molecule has 2 aromatic rings. The molecule has 1 aromatic heterocycles. The van der Waals surface area contributed by atoms with Crippen molar-refractivity contribution in [2.24, 2.45) is 0 Å². The first kappa shape index (κ1) is 18.7. The minimum Gasteiger partial charge on any atom is -0.465 e. The summed E-state index contributed by atoms with van der Waals surface area (Å²) in [6, 6.07) is 4.21. The van der Waals surface area contributed by atoms with Gasteiger partial charge in [-0.05, 0) is 25.1 Å². The molecule has 0 fully saturated rings. The Morgan fingerprint density at radius 1 is 1.36 bits per heavy atom. The fourth-order valence-electron chi connectivity index (χ4n) is 2.06. The summed E-state index contributed by atoms with van der Waals surface area (Å²) in [6.45, 7) is 4.37. The molecule has 0 atom stereocenters. The highest BCUT2D eigenvalue weighted by Crippen LogP contribution is 2.21. The summed E-state index contributed by atoms with van der Waals surface area (Å²) in [5.74, 6) is 0.374. The molecule has 2 amide bonds. The number of urea groups is 1. The molecule has 0 aliphatic heterocycles. The normalized spacial score (nSPS) is 10.4. The van der Waals surface area contributed by atoms with E-state index in [1.807, 2.05) is 13.8 Å². The van der Waals surface area contributed by atoms with Crippen LogP contribution in [0.4, 0.5) is 10.5 Å². The van der Waals surface area contributed by atoms with Crippen LogP contribution in [0.25, 0.3) is 0 Å². The number of rotatable bonds is 6. The van der Waals surface area contributed by atoms with Crippen molar-refractivity contribution in [1.29, 1.82) is 0 Å². The van der Waals surface area contributed by atoms with Gasteiger partial charge in [-0.15, -0.1) is 0 Å². The Labute approximate surface area is 150 Å². The molecule has 0 radical (unpaired) electrons. The van der Waals surface area contributed by atoms with E-state index in [0.29, 0.717) is 30.4 Å². The molecule has 9 heteroatoms. The minimum atomic E-state index is -0.577. The van der Waals surface area contributed by atoms with Gasteiger partial charge >= 0.3 is 12.0 Å². The van der Waals surface area contributed by atoms with Crippen molar-refractivity contribution in [3.8, 4) is 0 Å². The zero-order valence-electron chi connectivity index (χ0n) is 14.2. The van der Waals surface area contributed by atoms with E-state index in [9.17, 15) is 9.59 Å². The van der Waals surface area contributed by atoms with Crippen LogP contribution in [0, 0.1) is 0 Å². The number of anilines is 1. The molecular formula is C16H19ClN4O4. The number of aryl methyl sites for hydroxylation is 1. The second kappa shape index (κ2) is 8.48. The average Bonchev–Trinajstić information content (AvgIpc) is 3.08. The number of carbonyl (C=O) groups is 2. The first-order valence-electron chi connectivity index (χ1n) is 7.73. The topological polar surface area (TPSA) is 97.6 Å². The summed E-state index contributed by atoms with van der Waals surface area (Å²) in [5.41, 5.74) is 0.600. The summed E-state index contributed by atoms with van der Waals surface area (Å²) >= 11 is 5.97. The molecule has 0 aliphatic rings. The fourth-order valence-corrected chi connectivity index (χ4v) is 2.26.